The number of nitriles is 1. The van der Waals surface area contributed by atoms with Crippen molar-refractivity contribution in [2.45, 2.75) is 18.9 Å². The summed E-state index contributed by atoms with van der Waals surface area (Å²) in [5.74, 6) is 0.732. The smallest absolute Gasteiger partial charge is 0.226 e. The van der Waals surface area contributed by atoms with Crippen LogP contribution in [0.4, 0.5) is 0 Å². The monoisotopic (exact) mass is 376 g/mol. The molecule has 2 aromatic rings. The molecule has 0 aliphatic carbocycles. The highest BCUT2D eigenvalue weighted by Gasteiger charge is 2.38. The molecule has 5 nitrogen and oxygen atoms in total. The first-order valence-electron chi connectivity index (χ1n) is 9.42. The summed E-state index contributed by atoms with van der Waals surface area (Å²) in [5.41, 5.74) is 2.71. The molecule has 2 atom stereocenters. The van der Waals surface area contributed by atoms with Crippen molar-refractivity contribution >= 4 is 5.91 Å². The number of hydrogen-bond acceptors (Lipinski definition) is 4. The van der Waals surface area contributed by atoms with Gasteiger partial charge >= 0.3 is 0 Å². The molecule has 28 heavy (non-hydrogen) atoms. The number of benzene rings is 2. The Hall–Kier alpha value is -3.10. The van der Waals surface area contributed by atoms with Gasteiger partial charge in [0.2, 0.25) is 5.91 Å². The number of amides is 1. The molecule has 0 aromatic heterocycles. The van der Waals surface area contributed by atoms with Crippen molar-refractivity contribution in [2.24, 2.45) is 5.92 Å². The number of β-amino-alcohol motifs (C(OH)–C–C–N with tert-alkyl or cyclic N) is 1. The van der Waals surface area contributed by atoms with Crippen molar-refractivity contribution in [2.75, 3.05) is 19.8 Å². The van der Waals surface area contributed by atoms with E-state index in [9.17, 15) is 9.90 Å². The highest BCUT2D eigenvalue weighted by atomic mass is 16.5. The third-order valence-corrected chi connectivity index (χ3v) is 5.07. The maximum atomic E-state index is 12.4. The number of hydrogen-bond donors (Lipinski definition) is 1. The lowest BCUT2D eigenvalue weighted by molar-refractivity contribution is -0.132. The third kappa shape index (κ3) is 4.41. The Balaban J connectivity index is 1.63. The quantitative estimate of drug-likeness (QED) is 0.717. The Kier molecular flexibility index (Phi) is 6.46. The van der Waals surface area contributed by atoms with Crippen LogP contribution in [0, 0.1) is 17.2 Å². The number of allylic oxidation sites excluding steroid dienone is 1. The molecular formula is C23H24N2O3. The molecule has 0 bridgehead atoms. The molecule has 1 heterocycles. The van der Waals surface area contributed by atoms with Gasteiger partial charge in [0, 0.05) is 12.5 Å². The van der Waals surface area contributed by atoms with Crippen LogP contribution in [0.2, 0.25) is 0 Å². The molecule has 1 aliphatic heterocycles. The van der Waals surface area contributed by atoms with E-state index >= 15 is 0 Å². The van der Waals surface area contributed by atoms with Crippen LogP contribution in [-0.4, -0.2) is 41.7 Å². The van der Waals surface area contributed by atoms with E-state index in [2.05, 4.69) is 12.6 Å². The van der Waals surface area contributed by atoms with E-state index < -0.39 is 0 Å². The average Bonchev–Trinajstić information content (AvgIpc) is 3.02. The van der Waals surface area contributed by atoms with Crippen LogP contribution in [0.1, 0.15) is 18.4 Å². The number of carbonyl (C=O) groups excluding carboxylic acids is 1. The molecule has 2 aromatic carbocycles. The molecule has 1 N–H and O–H groups in total. The van der Waals surface area contributed by atoms with Gasteiger partial charge in [0.25, 0.3) is 0 Å². The molecule has 1 saturated heterocycles. The normalized spacial score (nSPS) is 18.7. The molecule has 0 unspecified atom stereocenters. The molecule has 0 spiro atoms. The van der Waals surface area contributed by atoms with Crippen molar-refractivity contribution in [3.8, 4) is 22.9 Å². The van der Waals surface area contributed by atoms with E-state index in [0.717, 1.165) is 16.9 Å². The number of rotatable bonds is 8. The molecule has 0 radical (unpaired) electrons. The summed E-state index contributed by atoms with van der Waals surface area (Å²) in [4.78, 5) is 14.2. The van der Waals surface area contributed by atoms with Gasteiger partial charge in [-0.3, -0.25) is 4.79 Å². The standard InChI is InChI=1S/C23H24N2O3/c1-2-3-20-14-21(25(12-13-26)23(20)27)16-28-22-10-8-19(9-11-22)18-6-4-17(15-24)5-7-18/h2,4-11,20-21,26H,1,3,12-14,16H2/t20-,21+/m1/s1. The Morgan fingerprint density at radius 3 is 2.39 bits per heavy atom. The van der Waals surface area contributed by atoms with Crippen molar-refractivity contribution in [1.82, 2.24) is 4.90 Å². The van der Waals surface area contributed by atoms with Crippen LogP contribution >= 0.6 is 0 Å². The molecule has 3 rings (SSSR count). The predicted molar refractivity (Wildman–Crippen MR) is 108 cm³/mol. The summed E-state index contributed by atoms with van der Waals surface area (Å²) in [6.07, 6.45) is 3.13. The Bertz CT molecular complexity index is 853. The van der Waals surface area contributed by atoms with Gasteiger partial charge in [-0.1, -0.05) is 30.3 Å². The molecule has 5 heteroatoms. The molecule has 144 valence electrons. The number of ether oxygens (including phenoxy) is 1. The average molecular weight is 376 g/mol. The number of nitrogens with zero attached hydrogens (tertiary/aromatic N) is 2. The summed E-state index contributed by atoms with van der Waals surface area (Å²) >= 11 is 0. The van der Waals surface area contributed by atoms with Gasteiger partial charge in [-0.2, -0.15) is 5.26 Å². The van der Waals surface area contributed by atoms with E-state index in [1.54, 1.807) is 23.1 Å². The SMILES string of the molecule is C=CC[C@@H]1C[C@@H](COc2ccc(-c3ccc(C#N)cc3)cc2)N(CCO)C1=O. The summed E-state index contributed by atoms with van der Waals surface area (Å²) in [6.45, 7) is 4.40. The zero-order valence-electron chi connectivity index (χ0n) is 15.8. The van der Waals surface area contributed by atoms with Crippen molar-refractivity contribution < 1.29 is 14.6 Å². The van der Waals surface area contributed by atoms with Gasteiger partial charge in [0.05, 0.1) is 24.3 Å². The van der Waals surface area contributed by atoms with E-state index in [4.69, 9.17) is 10.00 Å². The number of aliphatic hydroxyl groups excluding tert-OH is 1. The zero-order valence-corrected chi connectivity index (χ0v) is 15.8. The van der Waals surface area contributed by atoms with Crippen molar-refractivity contribution in [1.29, 1.82) is 5.26 Å². The second-order valence-corrected chi connectivity index (χ2v) is 6.89. The lowest BCUT2D eigenvalue weighted by atomic mass is 10.0. The zero-order chi connectivity index (χ0) is 19.9. The maximum Gasteiger partial charge on any atom is 0.226 e. The van der Waals surface area contributed by atoms with Crippen molar-refractivity contribution in [3.63, 3.8) is 0 Å². The van der Waals surface area contributed by atoms with Gasteiger partial charge in [-0.15, -0.1) is 6.58 Å². The van der Waals surface area contributed by atoms with Crippen LogP contribution in [0.3, 0.4) is 0 Å². The largest absolute Gasteiger partial charge is 0.491 e. The Morgan fingerprint density at radius 2 is 1.82 bits per heavy atom. The van der Waals surface area contributed by atoms with E-state index in [0.29, 0.717) is 31.6 Å². The van der Waals surface area contributed by atoms with Crippen LogP contribution in [-0.2, 0) is 4.79 Å². The highest BCUT2D eigenvalue weighted by molar-refractivity contribution is 5.81. The first-order valence-corrected chi connectivity index (χ1v) is 9.42. The Labute approximate surface area is 165 Å². The number of carbonyl (C=O) groups is 1. The minimum Gasteiger partial charge on any atom is -0.491 e. The second-order valence-electron chi connectivity index (χ2n) is 6.89. The van der Waals surface area contributed by atoms with E-state index in [1.165, 1.54) is 0 Å². The first kappa shape index (κ1) is 19.7. The second kappa shape index (κ2) is 9.20. The van der Waals surface area contributed by atoms with E-state index in [-0.39, 0.29) is 24.5 Å². The Morgan fingerprint density at radius 1 is 1.18 bits per heavy atom. The van der Waals surface area contributed by atoms with Gasteiger partial charge in [-0.25, -0.2) is 0 Å². The lowest BCUT2D eigenvalue weighted by Gasteiger charge is -2.24. The highest BCUT2D eigenvalue weighted by Crippen LogP contribution is 2.28. The summed E-state index contributed by atoms with van der Waals surface area (Å²) in [5, 5.41) is 18.2. The van der Waals surface area contributed by atoms with Crippen LogP contribution in [0.25, 0.3) is 11.1 Å². The summed E-state index contributed by atoms with van der Waals surface area (Å²) in [7, 11) is 0. The summed E-state index contributed by atoms with van der Waals surface area (Å²) < 4.78 is 5.92. The maximum absolute atomic E-state index is 12.4. The third-order valence-electron chi connectivity index (χ3n) is 5.07. The van der Waals surface area contributed by atoms with Gasteiger partial charge in [0.15, 0.2) is 0 Å². The minimum absolute atomic E-state index is 0.0391. The molecule has 1 aliphatic rings. The minimum atomic E-state index is -0.0728. The molecule has 0 saturated carbocycles. The first-order chi connectivity index (χ1) is 13.7. The van der Waals surface area contributed by atoms with Gasteiger partial charge in [-0.05, 0) is 48.2 Å². The van der Waals surface area contributed by atoms with Gasteiger partial charge < -0.3 is 14.7 Å². The number of likely N-dealkylation sites (tertiary alicyclic amines) is 1. The molecule has 1 amide bonds. The fourth-order valence-electron chi connectivity index (χ4n) is 3.60. The van der Waals surface area contributed by atoms with Gasteiger partial charge in [0.1, 0.15) is 12.4 Å². The predicted octanol–water partition coefficient (Wildman–Crippen LogP) is 3.39. The molecule has 1 fully saturated rings. The molecular weight excluding hydrogens is 352 g/mol. The lowest BCUT2D eigenvalue weighted by Crippen LogP contribution is -2.39. The fraction of sp³-hybridized carbons (Fsp3) is 0.304. The van der Waals surface area contributed by atoms with E-state index in [1.807, 2.05) is 36.4 Å². The summed E-state index contributed by atoms with van der Waals surface area (Å²) in [6, 6.07) is 17.3. The topological polar surface area (TPSA) is 73.6 Å². The van der Waals surface area contributed by atoms with Crippen LogP contribution in [0.15, 0.2) is 61.2 Å². The van der Waals surface area contributed by atoms with Crippen molar-refractivity contribution in [3.05, 3.63) is 66.7 Å². The number of aliphatic hydroxyl groups is 1. The fourth-order valence-corrected chi connectivity index (χ4v) is 3.60. The van der Waals surface area contributed by atoms with Crippen LogP contribution in [0.5, 0.6) is 5.75 Å². The van der Waals surface area contributed by atoms with Crippen LogP contribution < -0.4 is 4.74 Å².